The topological polar surface area (TPSA) is 12.0 Å². The highest BCUT2D eigenvalue weighted by atomic mass is 14.9. The van der Waals surface area contributed by atoms with Crippen LogP contribution >= 0.6 is 0 Å². The summed E-state index contributed by atoms with van der Waals surface area (Å²) in [4.78, 5) is 0. The lowest BCUT2D eigenvalue weighted by Gasteiger charge is -2.43. The quantitative estimate of drug-likeness (QED) is 0.687. The molecule has 1 saturated carbocycles. The molecule has 0 heterocycles. The van der Waals surface area contributed by atoms with E-state index in [4.69, 9.17) is 0 Å². The van der Waals surface area contributed by atoms with E-state index in [0.717, 1.165) is 11.8 Å². The molecule has 0 aromatic rings. The normalized spacial score (nSPS) is 22.1. The summed E-state index contributed by atoms with van der Waals surface area (Å²) in [5.74, 6) is 1.77. The number of rotatable bonds is 6. The van der Waals surface area contributed by atoms with E-state index >= 15 is 0 Å². The lowest BCUT2D eigenvalue weighted by Crippen LogP contribution is -2.41. The van der Waals surface area contributed by atoms with Crippen molar-refractivity contribution in [3.05, 3.63) is 0 Å². The summed E-state index contributed by atoms with van der Waals surface area (Å²) in [7, 11) is 0. The van der Waals surface area contributed by atoms with Crippen molar-refractivity contribution in [2.75, 3.05) is 13.1 Å². The molecular formula is C13H27N. The van der Waals surface area contributed by atoms with Gasteiger partial charge in [0.05, 0.1) is 0 Å². The van der Waals surface area contributed by atoms with Gasteiger partial charge < -0.3 is 5.32 Å². The molecule has 0 amide bonds. The van der Waals surface area contributed by atoms with E-state index in [1.54, 1.807) is 0 Å². The molecule has 0 radical (unpaired) electrons. The summed E-state index contributed by atoms with van der Waals surface area (Å²) < 4.78 is 0. The van der Waals surface area contributed by atoms with Gasteiger partial charge >= 0.3 is 0 Å². The molecular weight excluding hydrogens is 170 g/mol. The van der Waals surface area contributed by atoms with Crippen LogP contribution in [0.4, 0.5) is 0 Å². The van der Waals surface area contributed by atoms with Crippen LogP contribution in [-0.4, -0.2) is 13.1 Å². The maximum atomic E-state index is 3.63. The fourth-order valence-electron chi connectivity index (χ4n) is 2.31. The van der Waals surface area contributed by atoms with E-state index in [2.05, 4.69) is 33.0 Å². The maximum absolute atomic E-state index is 3.63. The molecule has 1 aliphatic carbocycles. The Kier molecular flexibility index (Phi) is 4.43. The van der Waals surface area contributed by atoms with Crippen molar-refractivity contribution in [2.24, 2.45) is 17.3 Å². The van der Waals surface area contributed by atoms with Gasteiger partial charge in [-0.2, -0.15) is 0 Å². The van der Waals surface area contributed by atoms with Crippen molar-refractivity contribution in [2.45, 2.75) is 53.4 Å². The molecule has 1 rings (SSSR count). The van der Waals surface area contributed by atoms with E-state index in [1.165, 1.54) is 38.8 Å². The minimum absolute atomic E-state index is 0.563. The molecule has 1 N–H and O–H groups in total. The zero-order valence-electron chi connectivity index (χ0n) is 10.4. The van der Waals surface area contributed by atoms with Gasteiger partial charge in [0.25, 0.3) is 0 Å². The van der Waals surface area contributed by atoms with E-state index in [-0.39, 0.29) is 0 Å². The third-order valence-electron chi connectivity index (χ3n) is 3.98. The Morgan fingerprint density at radius 3 is 2.36 bits per heavy atom. The van der Waals surface area contributed by atoms with Crippen molar-refractivity contribution in [1.82, 2.24) is 5.32 Å². The van der Waals surface area contributed by atoms with Crippen LogP contribution in [-0.2, 0) is 0 Å². The fraction of sp³-hybridized carbons (Fsp3) is 1.00. The van der Waals surface area contributed by atoms with E-state index in [9.17, 15) is 0 Å². The van der Waals surface area contributed by atoms with Gasteiger partial charge in [-0.05, 0) is 43.1 Å². The third-order valence-corrected chi connectivity index (χ3v) is 3.98. The lowest BCUT2D eigenvalue weighted by atomic mass is 9.65. The summed E-state index contributed by atoms with van der Waals surface area (Å²) in [6.45, 7) is 11.7. The van der Waals surface area contributed by atoms with Crippen molar-refractivity contribution < 1.29 is 0 Å². The molecule has 1 unspecified atom stereocenters. The Labute approximate surface area is 89.7 Å². The zero-order chi connectivity index (χ0) is 10.6. The Morgan fingerprint density at radius 1 is 1.36 bits per heavy atom. The fourth-order valence-corrected chi connectivity index (χ4v) is 2.31. The third kappa shape index (κ3) is 2.98. The highest BCUT2D eigenvalue weighted by Gasteiger charge is 2.35. The van der Waals surface area contributed by atoms with Crippen LogP contribution in [0.15, 0.2) is 0 Å². The Balaban J connectivity index is 2.29. The predicted molar refractivity (Wildman–Crippen MR) is 63.4 cm³/mol. The smallest absolute Gasteiger partial charge is 0.000782 e. The molecule has 0 bridgehead atoms. The molecule has 84 valence electrons. The van der Waals surface area contributed by atoms with Gasteiger partial charge in [0.2, 0.25) is 0 Å². The van der Waals surface area contributed by atoms with Gasteiger partial charge in [0.1, 0.15) is 0 Å². The largest absolute Gasteiger partial charge is 0.316 e. The van der Waals surface area contributed by atoms with Gasteiger partial charge in [-0.25, -0.2) is 0 Å². The summed E-state index contributed by atoms with van der Waals surface area (Å²) in [6, 6.07) is 0. The summed E-state index contributed by atoms with van der Waals surface area (Å²) in [5, 5.41) is 3.63. The number of hydrogen-bond donors (Lipinski definition) is 1. The van der Waals surface area contributed by atoms with Crippen LogP contribution in [0.1, 0.15) is 53.4 Å². The van der Waals surface area contributed by atoms with Crippen LogP contribution in [0.2, 0.25) is 0 Å². The van der Waals surface area contributed by atoms with Crippen molar-refractivity contribution >= 4 is 0 Å². The Bertz CT molecular complexity index is 161. The second-order valence-electron chi connectivity index (χ2n) is 5.66. The van der Waals surface area contributed by atoms with Crippen molar-refractivity contribution in [3.8, 4) is 0 Å². The highest BCUT2D eigenvalue weighted by molar-refractivity contribution is 4.88. The monoisotopic (exact) mass is 197 g/mol. The molecule has 1 nitrogen and oxygen atoms in total. The maximum Gasteiger partial charge on any atom is 0.000782 e. The first-order chi connectivity index (χ1) is 6.58. The van der Waals surface area contributed by atoms with Gasteiger partial charge in [-0.3, -0.25) is 0 Å². The van der Waals surface area contributed by atoms with Gasteiger partial charge in [0, 0.05) is 6.54 Å². The van der Waals surface area contributed by atoms with Gasteiger partial charge in [-0.15, -0.1) is 0 Å². The zero-order valence-corrected chi connectivity index (χ0v) is 10.4. The van der Waals surface area contributed by atoms with Crippen LogP contribution < -0.4 is 5.32 Å². The molecule has 0 aromatic heterocycles. The van der Waals surface area contributed by atoms with Crippen LogP contribution in [0.25, 0.3) is 0 Å². The van der Waals surface area contributed by atoms with E-state index < -0.39 is 0 Å². The molecule has 1 heteroatoms. The number of hydrogen-bond acceptors (Lipinski definition) is 1. The second-order valence-corrected chi connectivity index (χ2v) is 5.66. The standard InChI is InChI=1S/C13H27N/c1-5-13(4,12-7-6-8-12)10-14-9-11(2)3/h11-12,14H,5-10H2,1-4H3. The summed E-state index contributed by atoms with van der Waals surface area (Å²) >= 11 is 0. The molecule has 0 aliphatic heterocycles. The van der Waals surface area contributed by atoms with Crippen molar-refractivity contribution in [3.63, 3.8) is 0 Å². The van der Waals surface area contributed by atoms with Crippen LogP contribution in [0, 0.1) is 17.3 Å². The predicted octanol–water partition coefficient (Wildman–Crippen LogP) is 3.45. The molecule has 0 saturated heterocycles. The molecule has 14 heavy (non-hydrogen) atoms. The minimum atomic E-state index is 0.563. The average Bonchev–Trinajstić information content (AvgIpc) is 2.00. The molecule has 0 aromatic carbocycles. The summed E-state index contributed by atoms with van der Waals surface area (Å²) in [6.07, 6.45) is 5.72. The van der Waals surface area contributed by atoms with Gasteiger partial charge in [0.15, 0.2) is 0 Å². The SMILES string of the molecule is CCC(C)(CNCC(C)C)C1CCC1. The van der Waals surface area contributed by atoms with E-state index in [1.807, 2.05) is 0 Å². The van der Waals surface area contributed by atoms with Crippen LogP contribution in [0.3, 0.4) is 0 Å². The first-order valence-corrected chi connectivity index (χ1v) is 6.29. The lowest BCUT2D eigenvalue weighted by molar-refractivity contribution is 0.0943. The van der Waals surface area contributed by atoms with E-state index in [0.29, 0.717) is 5.41 Å². The average molecular weight is 197 g/mol. The minimum Gasteiger partial charge on any atom is -0.316 e. The second kappa shape index (κ2) is 5.16. The molecule has 1 fully saturated rings. The van der Waals surface area contributed by atoms with Crippen LogP contribution in [0.5, 0.6) is 0 Å². The molecule has 1 atom stereocenters. The highest BCUT2D eigenvalue weighted by Crippen LogP contribution is 2.43. The van der Waals surface area contributed by atoms with Crippen molar-refractivity contribution in [1.29, 1.82) is 0 Å². The first-order valence-electron chi connectivity index (χ1n) is 6.29. The van der Waals surface area contributed by atoms with Gasteiger partial charge in [-0.1, -0.05) is 34.1 Å². The summed E-state index contributed by atoms with van der Waals surface area (Å²) in [5.41, 5.74) is 0.563. The number of nitrogens with one attached hydrogen (secondary N) is 1. The first kappa shape index (κ1) is 12.0. The molecule has 0 spiro atoms. The molecule has 1 aliphatic rings. The Morgan fingerprint density at radius 2 is 2.00 bits per heavy atom. The Hall–Kier alpha value is -0.0400.